The van der Waals surface area contributed by atoms with Crippen molar-refractivity contribution in [1.82, 2.24) is 4.98 Å². The quantitative estimate of drug-likeness (QED) is 0.316. The first-order chi connectivity index (χ1) is 16.9. The van der Waals surface area contributed by atoms with Crippen LogP contribution in [0.4, 0.5) is 5.13 Å². The third-order valence-electron chi connectivity index (χ3n) is 5.92. The Hall–Kier alpha value is -4.37. The van der Waals surface area contributed by atoms with Crippen LogP contribution in [-0.2, 0) is 4.79 Å². The number of aryl methyl sites for hydroxylation is 1. The molecule has 5 aromatic rings. The van der Waals surface area contributed by atoms with Gasteiger partial charge in [-0.3, -0.25) is 14.5 Å². The number of ether oxygens (including phenoxy) is 1. The Bertz CT molecular complexity index is 1640. The number of hydrogen-bond acceptors (Lipinski definition) is 8. The van der Waals surface area contributed by atoms with E-state index in [4.69, 9.17) is 13.6 Å². The SMILES string of the molecule is COc1ccc2nc(N3C(=O)C(O)=C(C(=O)c4cc5ccccc5o4)C3c3ccc(C)o3)sc2c1. The fourth-order valence-electron chi connectivity index (χ4n) is 4.25. The Morgan fingerprint density at radius 1 is 1.11 bits per heavy atom. The molecule has 4 heterocycles. The summed E-state index contributed by atoms with van der Waals surface area (Å²) in [5.41, 5.74) is 1.06. The lowest BCUT2D eigenvalue weighted by atomic mass is 10.00. The van der Waals surface area contributed by atoms with Crippen LogP contribution in [0.5, 0.6) is 5.75 Å². The van der Waals surface area contributed by atoms with Crippen molar-refractivity contribution in [3.63, 3.8) is 0 Å². The number of methoxy groups -OCH3 is 1. The topological polar surface area (TPSA) is 106 Å². The van der Waals surface area contributed by atoms with Crippen molar-refractivity contribution in [2.45, 2.75) is 13.0 Å². The van der Waals surface area contributed by atoms with E-state index in [-0.39, 0.29) is 11.3 Å². The van der Waals surface area contributed by atoms with Gasteiger partial charge in [-0.15, -0.1) is 0 Å². The zero-order chi connectivity index (χ0) is 24.3. The molecule has 0 fully saturated rings. The lowest BCUT2D eigenvalue weighted by Crippen LogP contribution is -2.30. The van der Waals surface area contributed by atoms with E-state index < -0.39 is 23.5 Å². The van der Waals surface area contributed by atoms with Crippen molar-refractivity contribution in [2.75, 3.05) is 12.0 Å². The van der Waals surface area contributed by atoms with E-state index in [2.05, 4.69) is 4.98 Å². The smallest absolute Gasteiger partial charge is 0.296 e. The molecule has 3 aromatic heterocycles. The highest BCUT2D eigenvalue weighted by atomic mass is 32.1. The van der Waals surface area contributed by atoms with E-state index in [0.717, 1.165) is 10.1 Å². The number of anilines is 1. The number of carbonyl (C=O) groups excluding carboxylic acids is 2. The van der Waals surface area contributed by atoms with Gasteiger partial charge in [0.05, 0.1) is 22.9 Å². The van der Waals surface area contributed by atoms with Crippen molar-refractivity contribution in [3.05, 3.63) is 89.3 Å². The molecule has 8 nitrogen and oxygen atoms in total. The molecule has 6 rings (SSSR count). The van der Waals surface area contributed by atoms with Crippen molar-refractivity contribution in [3.8, 4) is 5.75 Å². The molecule has 0 bridgehead atoms. The second kappa shape index (κ2) is 7.85. The molecule has 0 aliphatic carbocycles. The normalized spacial score (nSPS) is 16.1. The number of fused-ring (bicyclic) bond motifs is 2. The highest BCUT2D eigenvalue weighted by Crippen LogP contribution is 2.45. The van der Waals surface area contributed by atoms with Crippen LogP contribution in [-0.4, -0.2) is 28.9 Å². The molecule has 0 saturated heterocycles. The number of aliphatic hydroxyl groups excluding tert-OH is 1. The minimum atomic E-state index is -1.01. The summed E-state index contributed by atoms with van der Waals surface area (Å²) in [6.07, 6.45) is 0. The molecule has 1 N–H and O–H groups in total. The summed E-state index contributed by atoms with van der Waals surface area (Å²) in [6.45, 7) is 1.76. The van der Waals surface area contributed by atoms with Gasteiger partial charge in [-0.1, -0.05) is 29.5 Å². The van der Waals surface area contributed by atoms with Crippen LogP contribution in [0.15, 0.2) is 80.8 Å². The van der Waals surface area contributed by atoms with Crippen molar-refractivity contribution >= 4 is 49.3 Å². The number of thiazole rings is 1. The molecule has 35 heavy (non-hydrogen) atoms. The fourth-order valence-corrected chi connectivity index (χ4v) is 5.27. The van der Waals surface area contributed by atoms with Gasteiger partial charge >= 0.3 is 0 Å². The number of rotatable bonds is 5. The number of Topliss-reactive ketones (excluding diaryl/α,β-unsaturated/α-hetero) is 1. The van der Waals surface area contributed by atoms with Gasteiger partial charge in [0.1, 0.15) is 28.9 Å². The summed E-state index contributed by atoms with van der Waals surface area (Å²) in [5.74, 6) is -0.401. The van der Waals surface area contributed by atoms with E-state index in [1.165, 1.54) is 16.2 Å². The Labute approximate surface area is 202 Å². The number of hydrogen-bond donors (Lipinski definition) is 1. The molecular formula is C26H18N2O6S. The van der Waals surface area contributed by atoms with Gasteiger partial charge in [0, 0.05) is 5.39 Å². The number of aliphatic hydroxyl groups is 1. The number of carbonyl (C=O) groups is 2. The van der Waals surface area contributed by atoms with Gasteiger partial charge in [-0.05, 0) is 49.4 Å². The summed E-state index contributed by atoms with van der Waals surface area (Å²) in [5, 5.41) is 12.0. The van der Waals surface area contributed by atoms with E-state index in [0.29, 0.717) is 33.5 Å². The van der Waals surface area contributed by atoms with Crippen LogP contribution >= 0.6 is 11.3 Å². The molecule has 2 aromatic carbocycles. The maximum atomic E-state index is 13.6. The van der Waals surface area contributed by atoms with Crippen LogP contribution in [0.25, 0.3) is 21.2 Å². The molecule has 1 aliphatic heterocycles. The van der Waals surface area contributed by atoms with E-state index >= 15 is 0 Å². The minimum absolute atomic E-state index is 0.0183. The van der Waals surface area contributed by atoms with Crippen LogP contribution < -0.4 is 9.64 Å². The van der Waals surface area contributed by atoms with Crippen molar-refractivity contribution in [1.29, 1.82) is 0 Å². The Kier molecular flexibility index (Phi) is 4.75. The van der Waals surface area contributed by atoms with E-state index in [1.54, 1.807) is 56.5 Å². The Balaban J connectivity index is 1.49. The predicted octanol–water partition coefficient (Wildman–Crippen LogP) is 5.74. The predicted molar refractivity (Wildman–Crippen MR) is 130 cm³/mol. The fraction of sp³-hybridized carbons (Fsp3) is 0.115. The first kappa shape index (κ1) is 21.2. The molecule has 174 valence electrons. The second-order valence-corrected chi connectivity index (χ2v) is 9.11. The number of furan rings is 2. The van der Waals surface area contributed by atoms with Crippen molar-refractivity contribution in [2.24, 2.45) is 0 Å². The van der Waals surface area contributed by atoms with Crippen LogP contribution in [0.2, 0.25) is 0 Å². The first-order valence-electron chi connectivity index (χ1n) is 10.8. The zero-order valence-corrected chi connectivity index (χ0v) is 19.5. The van der Waals surface area contributed by atoms with Gasteiger partial charge < -0.3 is 18.7 Å². The van der Waals surface area contributed by atoms with Crippen LogP contribution in [0.3, 0.4) is 0 Å². The molecule has 0 radical (unpaired) electrons. The Morgan fingerprint density at radius 3 is 2.69 bits per heavy atom. The van der Waals surface area contributed by atoms with Gasteiger partial charge in [-0.25, -0.2) is 4.98 Å². The molecule has 9 heteroatoms. The first-order valence-corrected chi connectivity index (χ1v) is 11.6. The molecule has 1 atom stereocenters. The van der Waals surface area contributed by atoms with E-state index in [1.807, 2.05) is 18.2 Å². The summed E-state index contributed by atoms with van der Waals surface area (Å²) in [4.78, 5) is 32.9. The summed E-state index contributed by atoms with van der Waals surface area (Å²) in [6, 6.07) is 16.6. The minimum Gasteiger partial charge on any atom is -0.503 e. The van der Waals surface area contributed by atoms with Gasteiger partial charge in [-0.2, -0.15) is 0 Å². The molecule has 0 spiro atoms. The molecular weight excluding hydrogens is 468 g/mol. The van der Waals surface area contributed by atoms with Gasteiger partial charge in [0.15, 0.2) is 16.7 Å². The van der Waals surface area contributed by atoms with Crippen LogP contribution in [0.1, 0.15) is 28.1 Å². The summed E-state index contributed by atoms with van der Waals surface area (Å²) in [7, 11) is 1.57. The number of para-hydroxylation sites is 1. The zero-order valence-electron chi connectivity index (χ0n) is 18.6. The third-order valence-corrected chi connectivity index (χ3v) is 6.94. The molecule has 1 amide bonds. The number of benzene rings is 2. The molecule has 1 unspecified atom stereocenters. The second-order valence-electron chi connectivity index (χ2n) is 8.10. The number of amides is 1. The maximum Gasteiger partial charge on any atom is 0.296 e. The highest BCUT2D eigenvalue weighted by molar-refractivity contribution is 7.22. The van der Waals surface area contributed by atoms with Gasteiger partial charge in [0.25, 0.3) is 5.91 Å². The monoisotopic (exact) mass is 486 g/mol. The molecule has 0 saturated carbocycles. The van der Waals surface area contributed by atoms with Gasteiger partial charge in [0.2, 0.25) is 5.78 Å². The lowest BCUT2D eigenvalue weighted by molar-refractivity contribution is -0.117. The number of nitrogens with zero attached hydrogens (tertiary/aromatic N) is 2. The van der Waals surface area contributed by atoms with Crippen LogP contribution in [0, 0.1) is 6.92 Å². The average Bonchev–Trinajstić information content (AvgIpc) is 3.63. The average molecular weight is 487 g/mol. The summed E-state index contributed by atoms with van der Waals surface area (Å²) >= 11 is 1.25. The maximum absolute atomic E-state index is 13.6. The Morgan fingerprint density at radius 2 is 1.94 bits per heavy atom. The standard InChI is InChI=1S/C26H18N2O6S/c1-13-7-10-18(33-13)22-21(23(29)19-11-14-5-3-4-6-17(14)34-19)24(30)25(31)28(22)26-27-16-9-8-15(32-2)12-20(16)35-26/h3-12,22,30H,1-2H3. The van der Waals surface area contributed by atoms with Crippen molar-refractivity contribution < 1.29 is 28.3 Å². The number of ketones is 1. The highest BCUT2D eigenvalue weighted by Gasteiger charge is 2.48. The largest absolute Gasteiger partial charge is 0.503 e. The lowest BCUT2D eigenvalue weighted by Gasteiger charge is -2.21. The molecule has 1 aliphatic rings. The third kappa shape index (κ3) is 3.31. The number of aromatic nitrogens is 1. The summed E-state index contributed by atoms with van der Waals surface area (Å²) < 4.78 is 17.7. The van der Waals surface area contributed by atoms with E-state index in [9.17, 15) is 14.7 Å².